The molecule has 0 saturated heterocycles. The summed E-state index contributed by atoms with van der Waals surface area (Å²) in [5, 5.41) is 17.7. The summed E-state index contributed by atoms with van der Waals surface area (Å²) in [6.07, 6.45) is 2.14. The van der Waals surface area contributed by atoms with E-state index in [0.29, 0.717) is 22.6 Å². The molecule has 1 saturated carbocycles. The maximum absolute atomic E-state index is 14.7. The lowest BCUT2D eigenvalue weighted by molar-refractivity contribution is 0.0666. The third-order valence-electron chi connectivity index (χ3n) is 5.32. The topological polar surface area (TPSA) is 131 Å². The van der Waals surface area contributed by atoms with Gasteiger partial charge in [0.2, 0.25) is 5.84 Å². The zero-order valence-corrected chi connectivity index (χ0v) is 16.2. The summed E-state index contributed by atoms with van der Waals surface area (Å²) >= 11 is 0. The first-order valence-corrected chi connectivity index (χ1v) is 9.40. The molecule has 3 aromatic rings. The molecule has 1 aliphatic carbocycles. The van der Waals surface area contributed by atoms with Crippen LogP contribution in [0.25, 0.3) is 11.0 Å². The minimum atomic E-state index is -3.61. The summed E-state index contributed by atoms with van der Waals surface area (Å²) in [5.41, 5.74) is 4.69. The van der Waals surface area contributed by atoms with Gasteiger partial charge in [-0.15, -0.1) is 0 Å². The molecule has 0 aliphatic heterocycles. The van der Waals surface area contributed by atoms with Gasteiger partial charge in [-0.3, -0.25) is 0 Å². The average molecular weight is 410 g/mol. The van der Waals surface area contributed by atoms with Crippen LogP contribution in [0.5, 0.6) is 0 Å². The van der Waals surface area contributed by atoms with Gasteiger partial charge in [-0.05, 0) is 55.0 Å². The first kappa shape index (κ1) is 19.7. The Labute approximate surface area is 171 Å². The number of nitriles is 1. The fourth-order valence-electron chi connectivity index (χ4n) is 3.64. The van der Waals surface area contributed by atoms with Crippen LogP contribution < -0.4 is 17.1 Å². The summed E-state index contributed by atoms with van der Waals surface area (Å²) in [5.74, 6) is 6.06. The molecule has 10 heteroatoms. The van der Waals surface area contributed by atoms with Crippen LogP contribution in [-0.2, 0) is 12.5 Å². The molecule has 1 aliphatic rings. The second-order valence-electron chi connectivity index (χ2n) is 7.27. The van der Waals surface area contributed by atoms with Gasteiger partial charge in [0.15, 0.2) is 5.65 Å². The molecule has 0 bridgehead atoms. The highest BCUT2D eigenvalue weighted by Crippen LogP contribution is 2.42. The van der Waals surface area contributed by atoms with E-state index in [4.69, 9.17) is 11.7 Å². The number of alkyl halides is 2. The van der Waals surface area contributed by atoms with Crippen LogP contribution >= 0.6 is 0 Å². The van der Waals surface area contributed by atoms with Gasteiger partial charge in [0.25, 0.3) is 0 Å². The minimum Gasteiger partial charge on any atom is -0.321 e. The number of amidine groups is 1. The lowest BCUT2D eigenvalue weighted by Crippen LogP contribution is -2.43. The maximum atomic E-state index is 14.7. The Morgan fingerprint density at radius 2 is 2.13 bits per heavy atom. The number of nitrogens with zero attached hydrogens (tertiary/aromatic N) is 5. The van der Waals surface area contributed by atoms with Gasteiger partial charge in [0.1, 0.15) is 5.69 Å². The first-order valence-electron chi connectivity index (χ1n) is 9.40. The number of nitrogens with two attached hydrogens (primary N) is 2. The summed E-state index contributed by atoms with van der Waals surface area (Å²) in [4.78, 5) is 4.16. The van der Waals surface area contributed by atoms with E-state index in [2.05, 4.69) is 21.3 Å². The number of nitrogens with one attached hydrogen (secondary N) is 1. The molecule has 1 fully saturated rings. The van der Waals surface area contributed by atoms with E-state index in [1.54, 1.807) is 17.7 Å². The number of hydrogen-bond acceptors (Lipinski definition) is 6. The quantitative estimate of drug-likeness (QED) is 0.256. The highest BCUT2D eigenvalue weighted by molar-refractivity contribution is 5.89. The van der Waals surface area contributed by atoms with Crippen molar-refractivity contribution in [3.8, 4) is 6.07 Å². The van der Waals surface area contributed by atoms with E-state index >= 15 is 0 Å². The van der Waals surface area contributed by atoms with Crippen molar-refractivity contribution in [1.29, 1.82) is 5.26 Å². The van der Waals surface area contributed by atoms with Crippen molar-refractivity contribution in [3.63, 3.8) is 0 Å². The van der Waals surface area contributed by atoms with Crippen LogP contribution in [0.15, 0.2) is 35.4 Å². The van der Waals surface area contributed by atoms with E-state index in [9.17, 15) is 14.0 Å². The SMILES string of the molecule is Cc1nn(Cc2c(C#N)cccc2C2CC2)c2nc(C(F)(F)/C(=N/N)NN)ccc12. The predicted octanol–water partition coefficient (Wildman–Crippen LogP) is 2.36. The van der Waals surface area contributed by atoms with E-state index < -0.39 is 17.5 Å². The Hall–Kier alpha value is -3.58. The number of hydrogen-bond donors (Lipinski definition) is 3. The Morgan fingerprint density at radius 3 is 2.77 bits per heavy atom. The second kappa shape index (κ2) is 7.35. The normalized spacial score (nSPS) is 14.7. The van der Waals surface area contributed by atoms with Crippen LogP contribution in [-0.4, -0.2) is 20.6 Å². The molecule has 8 nitrogen and oxygen atoms in total. The zero-order chi connectivity index (χ0) is 21.5. The number of halogens is 2. The van der Waals surface area contributed by atoms with Crippen molar-refractivity contribution in [3.05, 3.63) is 58.4 Å². The number of benzene rings is 1. The Balaban J connectivity index is 1.83. The van der Waals surface area contributed by atoms with Crippen molar-refractivity contribution >= 4 is 16.9 Å². The Morgan fingerprint density at radius 1 is 1.37 bits per heavy atom. The van der Waals surface area contributed by atoms with Gasteiger partial charge in [-0.25, -0.2) is 15.5 Å². The van der Waals surface area contributed by atoms with Gasteiger partial charge in [0, 0.05) is 5.39 Å². The molecule has 4 rings (SSSR count). The van der Waals surface area contributed by atoms with Crippen LogP contribution in [0, 0.1) is 18.3 Å². The zero-order valence-electron chi connectivity index (χ0n) is 16.2. The van der Waals surface area contributed by atoms with Crippen molar-refractivity contribution in [2.45, 2.75) is 38.2 Å². The monoisotopic (exact) mass is 410 g/mol. The number of hydrazone groups is 1. The number of pyridine rings is 1. The highest BCUT2D eigenvalue weighted by Gasteiger charge is 2.40. The molecular weight excluding hydrogens is 390 g/mol. The number of aryl methyl sites for hydroxylation is 1. The number of rotatable bonds is 5. The molecule has 2 heterocycles. The number of hydrazine groups is 1. The molecular formula is C20H20F2N8. The Bertz CT molecular complexity index is 1190. The molecule has 154 valence electrons. The third kappa shape index (κ3) is 3.23. The molecule has 0 amide bonds. The molecule has 0 radical (unpaired) electrons. The largest absolute Gasteiger partial charge is 0.349 e. The fraction of sp³-hybridized carbons (Fsp3) is 0.300. The van der Waals surface area contributed by atoms with Crippen molar-refractivity contribution in [2.24, 2.45) is 16.8 Å². The lowest BCUT2D eigenvalue weighted by Gasteiger charge is -2.17. The highest BCUT2D eigenvalue weighted by atomic mass is 19.3. The van der Waals surface area contributed by atoms with Crippen molar-refractivity contribution in [2.75, 3.05) is 0 Å². The van der Waals surface area contributed by atoms with Gasteiger partial charge < -0.3 is 11.3 Å². The number of fused-ring (bicyclic) bond motifs is 1. The first-order chi connectivity index (χ1) is 14.4. The van der Waals surface area contributed by atoms with Gasteiger partial charge in [-0.2, -0.15) is 24.2 Å². The van der Waals surface area contributed by atoms with Gasteiger partial charge in [0.05, 0.1) is 23.9 Å². The third-order valence-corrected chi connectivity index (χ3v) is 5.32. The van der Waals surface area contributed by atoms with E-state index in [-0.39, 0.29) is 12.2 Å². The molecule has 5 N–H and O–H groups in total. The molecule has 30 heavy (non-hydrogen) atoms. The van der Waals surface area contributed by atoms with Gasteiger partial charge >= 0.3 is 5.92 Å². The molecule has 0 unspecified atom stereocenters. The molecule has 0 atom stereocenters. The summed E-state index contributed by atoms with van der Waals surface area (Å²) < 4.78 is 31.0. The van der Waals surface area contributed by atoms with Crippen molar-refractivity contribution in [1.82, 2.24) is 20.2 Å². The Kier molecular flexibility index (Phi) is 4.83. The lowest BCUT2D eigenvalue weighted by atomic mass is 9.98. The van der Waals surface area contributed by atoms with Gasteiger partial charge in [-0.1, -0.05) is 12.1 Å². The minimum absolute atomic E-state index is 0.259. The van der Waals surface area contributed by atoms with Crippen LogP contribution in [0.3, 0.4) is 0 Å². The molecule has 2 aromatic heterocycles. The van der Waals surface area contributed by atoms with E-state index in [0.717, 1.165) is 24.0 Å². The summed E-state index contributed by atoms with van der Waals surface area (Å²) in [6, 6.07) is 10.6. The van der Waals surface area contributed by atoms with Crippen LogP contribution in [0.1, 0.15) is 46.8 Å². The smallest absolute Gasteiger partial charge is 0.321 e. The average Bonchev–Trinajstić information content (AvgIpc) is 3.54. The molecule has 0 spiro atoms. The van der Waals surface area contributed by atoms with Crippen LogP contribution in [0.2, 0.25) is 0 Å². The second-order valence-corrected chi connectivity index (χ2v) is 7.27. The van der Waals surface area contributed by atoms with E-state index in [1.807, 2.05) is 17.6 Å². The van der Waals surface area contributed by atoms with Crippen LogP contribution in [0.4, 0.5) is 8.78 Å². The molecule has 1 aromatic carbocycles. The summed E-state index contributed by atoms with van der Waals surface area (Å²) in [7, 11) is 0. The van der Waals surface area contributed by atoms with Crippen molar-refractivity contribution < 1.29 is 8.78 Å². The fourth-order valence-corrected chi connectivity index (χ4v) is 3.64. The van der Waals surface area contributed by atoms with E-state index in [1.165, 1.54) is 12.1 Å². The summed E-state index contributed by atoms with van der Waals surface area (Å²) in [6.45, 7) is 2.04. The maximum Gasteiger partial charge on any atom is 0.349 e. The standard InChI is InChI=1S/C20H20F2N8/c1-11-14-7-8-17(20(21,22)19(27-24)28-25)26-18(14)30(29-11)10-16-13(9-23)3-2-4-15(16)12-5-6-12/h2-4,7-8,12H,5-6,10,24-25H2,1H3,(H,27,28). The number of aromatic nitrogens is 3. The predicted molar refractivity (Wildman–Crippen MR) is 107 cm³/mol.